The number of carboxylic acids is 1. The van der Waals surface area contributed by atoms with Gasteiger partial charge in [0.25, 0.3) is 5.91 Å². The molecule has 11 heteroatoms. The zero-order chi connectivity index (χ0) is 20.5. The molecule has 4 rings (SSSR count). The second kappa shape index (κ2) is 8.50. The van der Waals surface area contributed by atoms with E-state index in [0.29, 0.717) is 16.4 Å². The molecule has 2 aliphatic heterocycles. The number of hydrogen-bond acceptors (Lipinski definition) is 7. The standard InChI is InChI=1S/C18H15BrN2O5S3/c19-10-4-13(28-8-10)26-6-9-7-29-17-14(16(23)21(17)15(9)18(24)25)20-12(22)5-11-2-1-3-27-11/h1-4,8,14,17H,5-7H2,(H,20,22)(H,24,25)/t14?,17-/m1/s1. The largest absolute Gasteiger partial charge is 0.480 e. The minimum atomic E-state index is -1.17. The number of halogens is 1. The number of aliphatic carboxylic acids is 1. The minimum absolute atomic E-state index is 0.0434. The number of thiophene rings is 2. The molecule has 0 bridgehead atoms. The molecular formula is C18H15BrN2O5S3. The Kier molecular flexibility index (Phi) is 6.00. The number of ether oxygens (including phenoxy) is 1. The maximum atomic E-state index is 12.6. The van der Waals surface area contributed by atoms with E-state index in [-0.39, 0.29) is 24.6 Å². The van der Waals surface area contributed by atoms with Crippen LogP contribution in [-0.4, -0.2) is 51.6 Å². The van der Waals surface area contributed by atoms with Gasteiger partial charge in [0.1, 0.15) is 23.7 Å². The molecule has 2 aromatic rings. The summed E-state index contributed by atoms with van der Waals surface area (Å²) in [5, 5.41) is 16.4. The number of nitrogens with zero attached hydrogens (tertiary/aromatic N) is 1. The van der Waals surface area contributed by atoms with Crippen LogP contribution in [0.1, 0.15) is 4.88 Å². The summed E-state index contributed by atoms with van der Waals surface area (Å²) in [5.74, 6) is -1.40. The molecule has 2 N–H and O–H groups in total. The molecule has 2 amide bonds. The number of carbonyl (C=O) groups excluding carboxylic acids is 2. The Morgan fingerprint density at radius 3 is 2.86 bits per heavy atom. The molecule has 7 nitrogen and oxygen atoms in total. The highest BCUT2D eigenvalue weighted by atomic mass is 79.9. The van der Waals surface area contributed by atoms with Crippen LogP contribution in [0.2, 0.25) is 0 Å². The SMILES string of the molecule is O=C(Cc1cccs1)NC1C(=O)N2C(C(=O)O)=C(COc3cc(Br)cs3)CS[C@H]12. The molecule has 29 heavy (non-hydrogen) atoms. The summed E-state index contributed by atoms with van der Waals surface area (Å²) in [7, 11) is 0. The second-order valence-corrected chi connectivity index (χ2v) is 10.3. The van der Waals surface area contributed by atoms with Crippen LogP contribution in [0.5, 0.6) is 5.06 Å². The predicted octanol–water partition coefficient (Wildman–Crippen LogP) is 2.93. The van der Waals surface area contributed by atoms with Crippen molar-refractivity contribution in [3.8, 4) is 5.06 Å². The van der Waals surface area contributed by atoms with Gasteiger partial charge in [0.15, 0.2) is 5.06 Å². The zero-order valence-corrected chi connectivity index (χ0v) is 18.8. The number of nitrogens with one attached hydrogen (secondary N) is 1. The Labute approximate surface area is 186 Å². The number of fused-ring (bicyclic) bond motifs is 1. The number of thioether (sulfide) groups is 1. The van der Waals surface area contributed by atoms with E-state index in [4.69, 9.17) is 4.74 Å². The molecule has 1 saturated heterocycles. The highest BCUT2D eigenvalue weighted by Crippen LogP contribution is 2.40. The van der Waals surface area contributed by atoms with E-state index in [0.717, 1.165) is 9.35 Å². The number of amides is 2. The van der Waals surface area contributed by atoms with Gasteiger partial charge in [0, 0.05) is 32.1 Å². The molecule has 0 radical (unpaired) electrons. The van der Waals surface area contributed by atoms with Gasteiger partial charge >= 0.3 is 5.97 Å². The lowest BCUT2D eigenvalue weighted by Crippen LogP contribution is -2.70. The maximum Gasteiger partial charge on any atom is 0.352 e. The molecule has 0 aromatic carbocycles. The quantitative estimate of drug-likeness (QED) is 0.551. The van der Waals surface area contributed by atoms with Gasteiger partial charge in [-0.15, -0.1) is 34.4 Å². The Morgan fingerprint density at radius 1 is 1.38 bits per heavy atom. The van der Waals surface area contributed by atoms with Crippen molar-refractivity contribution in [3.63, 3.8) is 0 Å². The number of carbonyl (C=O) groups is 3. The third-order valence-corrected chi connectivity index (χ3v) is 8.23. The molecular weight excluding hydrogens is 500 g/mol. The lowest BCUT2D eigenvalue weighted by atomic mass is 10.0. The smallest absolute Gasteiger partial charge is 0.352 e. The van der Waals surface area contributed by atoms with Gasteiger partial charge in [0.2, 0.25) is 5.91 Å². The van der Waals surface area contributed by atoms with Gasteiger partial charge in [-0.1, -0.05) is 6.07 Å². The average Bonchev–Trinajstić information content (AvgIpc) is 3.35. The van der Waals surface area contributed by atoms with Crippen molar-refractivity contribution < 1.29 is 24.2 Å². The molecule has 2 aromatic heterocycles. The van der Waals surface area contributed by atoms with E-state index in [1.165, 1.54) is 39.3 Å². The van der Waals surface area contributed by atoms with Crippen LogP contribution in [0.25, 0.3) is 0 Å². The van der Waals surface area contributed by atoms with E-state index in [2.05, 4.69) is 21.2 Å². The molecule has 2 aliphatic rings. The van der Waals surface area contributed by atoms with Crippen molar-refractivity contribution >= 4 is 68.1 Å². The summed E-state index contributed by atoms with van der Waals surface area (Å²) in [5.41, 5.74) is 0.498. The van der Waals surface area contributed by atoms with Crippen LogP contribution >= 0.6 is 50.4 Å². The molecule has 2 atom stereocenters. The Hall–Kier alpha value is -1.82. The summed E-state index contributed by atoms with van der Waals surface area (Å²) in [6.07, 6.45) is 0.204. The maximum absolute atomic E-state index is 12.6. The average molecular weight is 515 g/mol. The van der Waals surface area contributed by atoms with E-state index in [1.807, 2.05) is 22.9 Å². The van der Waals surface area contributed by atoms with Gasteiger partial charge < -0.3 is 15.2 Å². The molecule has 0 spiro atoms. The van der Waals surface area contributed by atoms with Crippen molar-refractivity contribution in [1.29, 1.82) is 0 Å². The van der Waals surface area contributed by atoms with Crippen LogP contribution in [-0.2, 0) is 20.8 Å². The summed E-state index contributed by atoms with van der Waals surface area (Å²) in [6.45, 7) is 0.0908. The number of rotatable bonds is 7. The fraction of sp³-hybridized carbons (Fsp3) is 0.278. The summed E-state index contributed by atoms with van der Waals surface area (Å²) >= 11 is 7.65. The number of carboxylic acid groups (broad SMARTS) is 1. The number of β-lactam (4-membered cyclic amide) rings is 1. The minimum Gasteiger partial charge on any atom is -0.480 e. The van der Waals surface area contributed by atoms with Gasteiger partial charge in [-0.2, -0.15) is 0 Å². The molecule has 152 valence electrons. The summed E-state index contributed by atoms with van der Waals surface area (Å²) in [4.78, 5) is 38.9. The molecule has 0 saturated carbocycles. The summed E-state index contributed by atoms with van der Waals surface area (Å²) in [6, 6.07) is 4.82. The Bertz CT molecular complexity index is 988. The second-order valence-electron chi connectivity index (χ2n) is 6.34. The fourth-order valence-electron chi connectivity index (χ4n) is 3.12. The fourth-order valence-corrected chi connectivity index (χ4v) is 6.41. The molecule has 1 unspecified atom stereocenters. The first-order valence-electron chi connectivity index (χ1n) is 8.52. The van der Waals surface area contributed by atoms with Gasteiger partial charge in [-0.25, -0.2) is 4.79 Å². The first-order chi connectivity index (χ1) is 13.9. The highest BCUT2D eigenvalue weighted by Gasteiger charge is 2.54. The first-order valence-corrected chi connectivity index (χ1v) is 12.1. The third-order valence-electron chi connectivity index (χ3n) is 4.41. The van der Waals surface area contributed by atoms with Crippen molar-refractivity contribution in [2.24, 2.45) is 0 Å². The molecule has 1 fully saturated rings. The van der Waals surface area contributed by atoms with Crippen molar-refractivity contribution in [2.45, 2.75) is 17.8 Å². The van der Waals surface area contributed by atoms with E-state index in [1.54, 1.807) is 6.07 Å². The van der Waals surface area contributed by atoms with Crippen LogP contribution in [0.3, 0.4) is 0 Å². The predicted molar refractivity (Wildman–Crippen MR) is 115 cm³/mol. The summed E-state index contributed by atoms with van der Waals surface area (Å²) < 4.78 is 6.58. The van der Waals surface area contributed by atoms with Crippen molar-refractivity contribution in [2.75, 3.05) is 12.4 Å². The highest BCUT2D eigenvalue weighted by molar-refractivity contribution is 9.10. The topological polar surface area (TPSA) is 95.9 Å². The van der Waals surface area contributed by atoms with Crippen LogP contribution < -0.4 is 10.1 Å². The van der Waals surface area contributed by atoms with Crippen LogP contribution in [0, 0.1) is 0 Å². The lowest BCUT2D eigenvalue weighted by molar-refractivity contribution is -0.150. The van der Waals surface area contributed by atoms with Gasteiger partial charge in [-0.3, -0.25) is 14.5 Å². The van der Waals surface area contributed by atoms with Crippen molar-refractivity contribution in [1.82, 2.24) is 10.2 Å². The van der Waals surface area contributed by atoms with E-state index >= 15 is 0 Å². The zero-order valence-electron chi connectivity index (χ0n) is 14.8. The molecule has 4 heterocycles. The number of hydrogen-bond donors (Lipinski definition) is 2. The Morgan fingerprint density at radius 2 is 2.21 bits per heavy atom. The van der Waals surface area contributed by atoms with Gasteiger partial charge in [0.05, 0.1) is 6.42 Å². The van der Waals surface area contributed by atoms with Crippen LogP contribution in [0.15, 0.2) is 44.7 Å². The van der Waals surface area contributed by atoms with E-state index < -0.39 is 23.3 Å². The first kappa shape index (κ1) is 20.5. The van der Waals surface area contributed by atoms with Gasteiger partial charge in [-0.05, 0) is 27.4 Å². The molecule has 0 aliphatic carbocycles. The normalized spacial score (nSPS) is 20.9. The van der Waals surface area contributed by atoms with E-state index in [9.17, 15) is 19.5 Å². The Balaban J connectivity index is 1.44. The van der Waals surface area contributed by atoms with Crippen LogP contribution in [0.4, 0.5) is 0 Å². The van der Waals surface area contributed by atoms with Crippen molar-refractivity contribution in [3.05, 3.63) is 49.6 Å². The monoisotopic (exact) mass is 514 g/mol. The third kappa shape index (κ3) is 4.23. The lowest BCUT2D eigenvalue weighted by Gasteiger charge is -2.49.